The number of aromatic nitrogens is 1. The van der Waals surface area contributed by atoms with E-state index in [2.05, 4.69) is 15.6 Å². The van der Waals surface area contributed by atoms with E-state index in [-0.39, 0.29) is 30.1 Å². The minimum atomic E-state index is -1.57. The van der Waals surface area contributed by atoms with Crippen molar-refractivity contribution < 1.29 is 18.0 Å². The molecule has 5 nitrogen and oxygen atoms in total. The van der Waals surface area contributed by atoms with Crippen molar-refractivity contribution in [2.75, 3.05) is 24.3 Å². The normalized spacial score (nSPS) is 18.5. The third kappa shape index (κ3) is 5.76. The molecule has 0 atom stereocenters. The van der Waals surface area contributed by atoms with Gasteiger partial charge in [0, 0.05) is 49.7 Å². The zero-order valence-corrected chi connectivity index (χ0v) is 17.0. The van der Waals surface area contributed by atoms with E-state index in [0.717, 1.165) is 37.2 Å². The van der Waals surface area contributed by atoms with Crippen molar-refractivity contribution in [2.45, 2.75) is 37.8 Å². The van der Waals surface area contributed by atoms with Gasteiger partial charge >= 0.3 is 0 Å². The number of anilines is 2. The quantitative estimate of drug-likeness (QED) is 0.703. The Morgan fingerprint density at radius 1 is 1.03 bits per heavy atom. The molecule has 9 heteroatoms. The van der Waals surface area contributed by atoms with Crippen LogP contribution in [0.3, 0.4) is 0 Å². The summed E-state index contributed by atoms with van der Waals surface area (Å²) in [6.07, 6.45) is 4.85. The summed E-state index contributed by atoms with van der Waals surface area (Å²) in [4.78, 5) is 18.5. The number of nitrogens with zero attached hydrogens (tertiary/aromatic N) is 2. The fraction of sp³-hybridized carbons (Fsp3) is 0.400. The van der Waals surface area contributed by atoms with Crippen LogP contribution in [0.1, 0.15) is 36.0 Å². The third-order valence-electron chi connectivity index (χ3n) is 4.92. The number of nitrogens with one attached hydrogen (secondary N) is 2. The highest BCUT2D eigenvalue weighted by atomic mass is 35.5. The first-order chi connectivity index (χ1) is 13.3. The van der Waals surface area contributed by atoms with Gasteiger partial charge in [-0.1, -0.05) is 0 Å². The molecule has 0 bridgehead atoms. The van der Waals surface area contributed by atoms with Crippen LogP contribution >= 0.6 is 12.4 Å². The molecule has 1 aliphatic rings. The second-order valence-electron chi connectivity index (χ2n) is 7.21. The van der Waals surface area contributed by atoms with Gasteiger partial charge in [-0.15, -0.1) is 12.4 Å². The van der Waals surface area contributed by atoms with Crippen LogP contribution in [-0.4, -0.2) is 37.1 Å². The first-order valence-corrected chi connectivity index (χ1v) is 9.19. The molecule has 0 radical (unpaired) electrons. The molecule has 1 saturated carbocycles. The molecule has 0 saturated heterocycles. The van der Waals surface area contributed by atoms with Crippen molar-refractivity contribution in [3.05, 3.63) is 53.5 Å². The maximum Gasteiger partial charge on any atom is 0.251 e. The second kappa shape index (κ2) is 9.82. The van der Waals surface area contributed by atoms with Gasteiger partial charge in [-0.2, -0.15) is 0 Å². The van der Waals surface area contributed by atoms with Gasteiger partial charge in [-0.3, -0.25) is 4.79 Å². The molecule has 1 fully saturated rings. The molecular weight excluding hydrogens is 405 g/mol. The van der Waals surface area contributed by atoms with Gasteiger partial charge in [0.05, 0.1) is 0 Å². The number of benzene rings is 1. The molecular formula is C20H24ClF3N4O. The van der Waals surface area contributed by atoms with Gasteiger partial charge in [0.15, 0.2) is 17.5 Å². The summed E-state index contributed by atoms with van der Waals surface area (Å²) in [7, 11) is 3.93. The van der Waals surface area contributed by atoms with Crippen molar-refractivity contribution in [3.8, 4) is 0 Å². The van der Waals surface area contributed by atoms with Gasteiger partial charge in [0.2, 0.25) is 0 Å². The minimum absolute atomic E-state index is 0. The van der Waals surface area contributed by atoms with Crippen LogP contribution in [0.2, 0.25) is 0 Å². The number of amides is 1. The maximum absolute atomic E-state index is 13.3. The van der Waals surface area contributed by atoms with Crippen molar-refractivity contribution in [2.24, 2.45) is 0 Å². The molecule has 1 amide bonds. The second-order valence-corrected chi connectivity index (χ2v) is 7.21. The van der Waals surface area contributed by atoms with Crippen LogP contribution in [0.4, 0.5) is 24.7 Å². The Morgan fingerprint density at radius 3 is 2.21 bits per heavy atom. The lowest BCUT2D eigenvalue weighted by molar-refractivity contribution is 0.0925. The number of hydrogen-bond donors (Lipinski definition) is 2. The number of hydrogen-bond acceptors (Lipinski definition) is 4. The lowest BCUT2D eigenvalue weighted by Crippen LogP contribution is -2.40. The summed E-state index contributed by atoms with van der Waals surface area (Å²) in [5, 5.41) is 6.18. The Bertz CT molecular complexity index is 834. The van der Waals surface area contributed by atoms with Gasteiger partial charge < -0.3 is 15.5 Å². The third-order valence-corrected chi connectivity index (χ3v) is 4.92. The van der Waals surface area contributed by atoms with Crippen LogP contribution in [0, 0.1) is 17.5 Å². The molecule has 1 aromatic carbocycles. The first-order valence-electron chi connectivity index (χ1n) is 9.19. The zero-order valence-electron chi connectivity index (χ0n) is 16.2. The Labute approximate surface area is 174 Å². The Morgan fingerprint density at radius 2 is 1.62 bits per heavy atom. The summed E-state index contributed by atoms with van der Waals surface area (Å²) in [6, 6.07) is 5.47. The SMILES string of the molecule is CN(C)c1ccnc(N[C@H]2CC[C@@H](NC(=O)c3cc(F)c(F)c(F)c3)CC2)c1.Cl. The summed E-state index contributed by atoms with van der Waals surface area (Å²) in [5.41, 5.74) is 0.832. The number of carbonyl (C=O) groups excluding carboxylic acids is 1. The minimum Gasteiger partial charge on any atom is -0.378 e. The molecule has 2 aromatic rings. The Hall–Kier alpha value is -2.48. The summed E-state index contributed by atoms with van der Waals surface area (Å²) >= 11 is 0. The van der Waals surface area contributed by atoms with E-state index >= 15 is 0 Å². The van der Waals surface area contributed by atoms with E-state index in [0.29, 0.717) is 12.1 Å². The molecule has 0 unspecified atom stereocenters. The molecule has 1 heterocycles. The highest BCUT2D eigenvalue weighted by molar-refractivity contribution is 5.94. The van der Waals surface area contributed by atoms with Gasteiger partial charge in [-0.05, 0) is 43.9 Å². The average molecular weight is 429 g/mol. The number of rotatable bonds is 5. The number of halogens is 4. The topological polar surface area (TPSA) is 57.3 Å². The molecule has 1 aliphatic carbocycles. The van der Waals surface area contributed by atoms with E-state index in [9.17, 15) is 18.0 Å². The summed E-state index contributed by atoms with van der Waals surface area (Å²) in [5.74, 6) is -4.11. The number of pyridine rings is 1. The van der Waals surface area contributed by atoms with Crippen LogP contribution in [0.5, 0.6) is 0 Å². The largest absolute Gasteiger partial charge is 0.378 e. The predicted octanol–water partition coefficient (Wildman–Crippen LogP) is 4.14. The monoisotopic (exact) mass is 428 g/mol. The average Bonchev–Trinajstić information content (AvgIpc) is 2.67. The van der Waals surface area contributed by atoms with Crippen molar-refractivity contribution in [1.29, 1.82) is 0 Å². The molecule has 1 aromatic heterocycles. The zero-order chi connectivity index (χ0) is 20.3. The van der Waals surface area contributed by atoms with Crippen LogP contribution in [-0.2, 0) is 0 Å². The van der Waals surface area contributed by atoms with Crippen molar-refractivity contribution in [1.82, 2.24) is 10.3 Å². The van der Waals surface area contributed by atoms with E-state index in [1.807, 2.05) is 31.1 Å². The van der Waals surface area contributed by atoms with Crippen LogP contribution in [0.25, 0.3) is 0 Å². The van der Waals surface area contributed by atoms with Gasteiger partial charge in [0.1, 0.15) is 5.82 Å². The lowest BCUT2D eigenvalue weighted by atomic mass is 9.91. The lowest BCUT2D eigenvalue weighted by Gasteiger charge is -2.30. The van der Waals surface area contributed by atoms with Crippen molar-refractivity contribution >= 4 is 29.8 Å². The van der Waals surface area contributed by atoms with Crippen molar-refractivity contribution in [3.63, 3.8) is 0 Å². The van der Waals surface area contributed by atoms with E-state index in [4.69, 9.17) is 0 Å². The number of carbonyl (C=O) groups is 1. The Kier molecular flexibility index (Phi) is 7.73. The van der Waals surface area contributed by atoms with E-state index < -0.39 is 23.4 Å². The van der Waals surface area contributed by atoms with Crippen LogP contribution in [0.15, 0.2) is 30.5 Å². The fourth-order valence-corrected chi connectivity index (χ4v) is 3.32. The first kappa shape index (κ1) is 22.8. The highest BCUT2D eigenvalue weighted by Crippen LogP contribution is 2.24. The smallest absolute Gasteiger partial charge is 0.251 e. The standard InChI is InChI=1S/C20H23F3N4O.ClH/c1-27(2)15-7-8-24-18(11-15)25-13-3-5-14(6-4-13)26-20(28)12-9-16(21)19(23)17(22)10-12;/h7-11,13-14H,3-6H2,1-2H3,(H,24,25)(H,26,28);1H/t13-,14+;. The predicted molar refractivity (Wildman–Crippen MR) is 109 cm³/mol. The van der Waals surface area contributed by atoms with Gasteiger partial charge in [-0.25, -0.2) is 18.2 Å². The molecule has 2 N–H and O–H groups in total. The molecule has 158 valence electrons. The van der Waals surface area contributed by atoms with Gasteiger partial charge in [0.25, 0.3) is 5.91 Å². The Balaban J connectivity index is 0.00000300. The molecule has 29 heavy (non-hydrogen) atoms. The van der Waals surface area contributed by atoms with Crippen LogP contribution < -0.4 is 15.5 Å². The maximum atomic E-state index is 13.3. The molecule has 0 aliphatic heterocycles. The van der Waals surface area contributed by atoms with E-state index in [1.165, 1.54) is 0 Å². The molecule has 0 spiro atoms. The summed E-state index contributed by atoms with van der Waals surface area (Å²) < 4.78 is 39.6. The highest BCUT2D eigenvalue weighted by Gasteiger charge is 2.24. The summed E-state index contributed by atoms with van der Waals surface area (Å²) in [6.45, 7) is 0. The molecule has 3 rings (SSSR count). The van der Waals surface area contributed by atoms with E-state index in [1.54, 1.807) is 6.20 Å². The fourth-order valence-electron chi connectivity index (χ4n) is 3.32.